The van der Waals surface area contributed by atoms with Crippen molar-refractivity contribution in [3.05, 3.63) is 34.9 Å². The molecule has 1 nitrogen and oxygen atoms in total. The second kappa shape index (κ2) is 7.65. The molecule has 168 valence electrons. The van der Waals surface area contributed by atoms with Gasteiger partial charge in [-0.1, -0.05) is 64.0 Å². The molecule has 1 N–H and O–H groups in total. The second-order valence-electron chi connectivity index (χ2n) is 12.6. The van der Waals surface area contributed by atoms with Gasteiger partial charge in [-0.25, -0.2) is 0 Å². The zero-order valence-electron chi connectivity index (χ0n) is 20.7. The predicted molar refractivity (Wildman–Crippen MR) is 128 cm³/mol. The third-order valence-electron chi connectivity index (χ3n) is 10.3. The van der Waals surface area contributed by atoms with E-state index in [0.717, 1.165) is 24.7 Å². The van der Waals surface area contributed by atoms with Crippen molar-refractivity contribution in [1.29, 1.82) is 0 Å². The van der Waals surface area contributed by atoms with Crippen LogP contribution in [-0.2, 0) is 0 Å². The third-order valence-corrected chi connectivity index (χ3v) is 10.3. The SMILES string of the molecule is CC(C)=CCC[C@@H](C)[C@H]1CC[C@H]2C3=C(C=C[C@]12C)[C@@]1(C)C(O)CCC(C)(C)C1CC3. The van der Waals surface area contributed by atoms with Crippen LogP contribution in [0.5, 0.6) is 0 Å². The highest BCUT2D eigenvalue weighted by Crippen LogP contribution is 2.66. The molecule has 2 fully saturated rings. The number of rotatable bonds is 4. The normalized spacial score (nSPS) is 42.9. The Morgan fingerprint density at radius 1 is 1.13 bits per heavy atom. The third kappa shape index (κ3) is 3.30. The quantitative estimate of drug-likeness (QED) is 0.467. The van der Waals surface area contributed by atoms with Crippen molar-refractivity contribution in [2.24, 2.45) is 39.9 Å². The van der Waals surface area contributed by atoms with Crippen molar-refractivity contribution in [3.8, 4) is 0 Å². The van der Waals surface area contributed by atoms with Crippen LogP contribution in [0.2, 0.25) is 0 Å². The maximum atomic E-state index is 11.2. The van der Waals surface area contributed by atoms with E-state index in [2.05, 4.69) is 66.7 Å². The molecule has 0 aromatic carbocycles. The molecule has 2 unspecified atom stereocenters. The van der Waals surface area contributed by atoms with Crippen molar-refractivity contribution in [2.75, 3.05) is 0 Å². The average molecular weight is 411 g/mol. The van der Waals surface area contributed by atoms with Gasteiger partial charge in [-0.15, -0.1) is 0 Å². The molecule has 7 atom stereocenters. The lowest BCUT2D eigenvalue weighted by Crippen LogP contribution is -2.54. The smallest absolute Gasteiger partial charge is 0.0637 e. The van der Waals surface area contributed by atoms with Crippen LogP contribution in [0.3, 0.4) is 0 Å². The first kappa shape index (κ1) is 22.4. The summed E-state index contributed by atoms with van der Waals surface area (Å²) in [5.41, 5.74) is 5.30. The summed E-state index contributed by atoms with van der Waals surface area (Å²) in [6.45, 7) is 16.8. The van der Waals surface area contributed by atoms with Gasteiger partial charge in [0.15, 0.2) is 0 Å². The van der Waals surface area contributed by atoms with Gasteiger partial charge in [-0.2, -0.15) is 0 Å². The lowest BCUT2D eigenvalue weighted by molar-refractivity contribution is -0.0853. The summed E-state index contributed by atoms with van der Waals surface area (Å²) in [4.78, 5) is 0. The summed E-state index contributed by atoms with van der Waals surface area (Å²) in [5.74, 6) is 2.86. The van der Waals surface area contributed by atoms with Gasteiger partial charge in [0.2, 0.25) is 0 Å². The van der Waals surface area contributed by atoms with Gasteiger partial charge in [0.05, 0.1) is 6.10 Å². The minimum atomic E-state index is -0.185. The molecule has 4 aliphatic rings. The highest BCUT2D eigenvalue weighted by molar-refractivity contribution is 5.45. The summed E-state index contributed by atoms with van der Waals surface area (Å²) >= 11 is 0. The monoisotopic (exact) mass is 410 g/mol. The topological polar surface area (TPSA) is 20.2 Å². The molecule has 0 saturated heterocycles. The van der Waals surface area contributed by atoms with E-state index in [9.17, 15) is 5.11 Å². The van der Waals surface area contributed by atoms with E-state index >= 15 is 0 Å². The van der Waals surface area contributed by atoms with Crippen LogP contribution < -0.4 is 0 Å². The van der Waals surface area contributed by atoms with E-state index in [4.69, 9.17) is 0 Å². The van der Waals surface area contributed by atoms with Crippen LogP contribution in [0.4, 0.5) is 0 Å². The van der Waals surface area contributed by atoms with E-state index in [-0.39, 0.29) is 11.5 Å². The fourth-order valence-corrected chi connectivity index (χ4v) is 8.53. The Bertz CT molecular complexity index is 763. The Morgan fingerprint density at radius 2 is 1.87 bits per heavy atom. The van der Waals surface area contributed by atoms with Gasteiger partial charge < -0.3 is 5.11 Å². The Morgan fingerprint density at radius 3 is 2.57 bits per heavy atom. The lowest BCUT2D eigenvalue weighted by Gasteiger charge is -2.59. The Labute approximate surface area is 186 Å². The van der Waals surface area contributed by atoms with Crippen molar-refractivity contribution >= 4 is 0 Å². The maximum Gasteiger partial charge on any atom is 0.0637 e. The zero-order chi connectivity index (χ0) is 21.9. The molecule has 0 bridgehead atoms. The molecule has 4 aliphatic carbocycles. The second-order valence-corrected chi connectivity index (χ2v) is 12.6. The molecule has 1 heteroatoms. The first-order chi connectivity index (χ1) is 14.0. The van der Waals surface area contributed by atoms with Crippen LogP contribution in [0.15, 0.2) is 34.9 Å². The molecule has 0 heterocycles. The summed E-state index contributed by atoms with van der Waals surface area (Å²) in [5, 5.41) is 11.2. The standard InChI is InChI=1S/C29H46O/c1-19(2)9-8-10-20(3)22-12-13-23-21-11-14-25-27(4,5)17-16-26(30)29(25,7)24(21)15-18-28(22,23)6/h9,15,18,20,22-23,25-26,30H,8,10-14,16-17H2,1-7H3/t20-,22-,23+,25?,26?,28-,29-/m1/s1. The fourth-order valence-electron chi connectivity index (χ4n) is 8.53. The molecule has 4 rings (SSSR count). The van der Waals surface area contributed by atoms with Crippen molar-refractivity contribution in [3.63, 3.8) is 0 Å². The largest absolute Gasteiger partial charge is 0.392 e. The first-order valence-electron chi connectivity index (χ1n) is 12.8. The van der Waals surface area contributed by atoms with Crippen LogP contribution in [-0.4, -0.2) is 11.2 Å². The highest BCUT2D eigenvalue weighted by atomic mass is 16.3. The van der Waals surface area contributed by atoms with Crippen molar-refractivity contribution in [1.82, 2.24) is 0 Å². The molecule has 0 spiro atoms. The molecule has 0 aliphatic heterocycles. The van der Waals surface area contributed by atoms with E-state index < -0.39 is 0 Å². The van der Waals surface area contributed by atoms with E-state index in [0.29, 0.717) is 22.7 Å². The minimum absolute atomic E-state index is 0.0552. The molecular weight excluding hydrogens is 364 g/mol. The average Bonchev–Trinajstić information content (AvgIpc) is 3.02. The predicted octanol–water partition coefficient (Wildman–Crippen LogP) is 7.87. The van der Waals surface area contributed by atoms with Gasteiger partial charge in [-0.05, 0) is 105 Å². The van der Waals surface area contributed by atoms with Gasteiger partial charge in [0.1, 0.15) is 0 Å². The molecule has 0 aromatic heterocycles. The molecule has 0 radical (unpaired) electrons. The van der Waals surface area contributed by atoms with Crippen LogP contribution in [0, 0.1) is 39.9 Å². The Hall–Kier alpha value is -0.820. The molecule has 0 amide bonds. The van der Waals surface area contributed by atoms with Crippen LogP contribution in [0.25, 0.3) is 0 Å². The van der Waals surface area contributed by atoms with E-state index in [1.54, 1.807) is 11.1 Å². The van der Waals surface area contributed by atoms with E-state index in [1.165, 1.54) is 44.1 Å². The maximum absolute atomic E-state index is 11.2. The summed E-state index contributed by atoms with van der Waals surface area (Å²) < 4.78 is 0. The van der Waals surface area contributed by atoms with Gasteiger partial charge in [0.25, 0.3) is 0 Å². The zero-order valence-corrected chi connectivity index (χ0v) is 20.7. The number of aliphatic hydroxyl groups excluding tert-OH is 1. The number of aliphatic hydroxyl groups is 1. The van der Waals surface area contributed by atoms with Crippen molar-refractivity contribution < 1.29 is 5.11 Å². The van der Waals surface area contributed by atoms with Gasteiger partial charge >= 0.3 is 0 Å². The van der Waals surface area contributed by atoms with Crippen LogP contribution in [0.1, 0.15) is 99.8 Å². The summed E-state index contributed by atoms with van der Waals surface area (Å²) in [7, 11) is 0. The fraction of sp³-hybridized carbons (Fsp3) is 0.793. The molecule has 2 saturated carbocycles. The van der Waals surface area contributed by atoms with Crippen molar-refractivity contribution in [2.45, 2.75) is 106 Å². The first-order valence-corrected chi connectivity index (χ1v) is 12.8. The number of hydrogen-bond acceptors (Lipinski definition) is 1. The van der Waals surface area contributed by atoms with Crippen LogP contribution >= 0.6 is 0 Å². The molecular formula is C29H46O. The number of hydrogen-bond donors (Lipinski definition) is 1. The van der Waals surface area contributed by atoms with E-state index in [1.807, 2.05) is 0 Å². The number of fused-ring (bicyclic) bond motifs is 4. The molecule has 30 heavy (non-hydrogen) atoms. The minimum Gasteiger partial charge on any atom is -0.392 e. The summed E-state index contributed by atoms with van der Waals surface area (Å²) in [6.07, 6.45) is 17.2. The van der Waals surface area contributed by atoms with Gasteiger partial charge in [-0.3, -0.25) is 0 Å². The summed E-state index contributed by atoms with van der Waals surface area (Å²) in [6, 6.07) is 0. The lowest BCUT2D eigenvalue weighted by atomic mass is 9.47. The molecule has 0 aromatic rings. The number of allylic oxidation sites excluding steroid dienone is 5. The Balaban J connectivity index is 1.62. The highest BCUT2D eigenvalue weighted by Gasteiger charge is 2.58. The van der Waals surface area contributed by atoms with Gasteiger partial charge in [0, 0.05) is 5.41 Å². The Kier molecular flexibility index (Phi) is 5.70.